The number of benzene rings is 2. The van der Waals surface area contributed by atoms with Gasteiger partial charge in [-0.1, -0.05) is 23.4 Å². The largest absolute Gasteiger partial charge is 0.493 e. The number of ether oxygens (including phenoxy) is 2. The quantitative estimate of drug-likeness (QED) is 0.363. The maximum Gasteiger partial charge on any atom is 0.249 e. The molecule has 2 aromatic carbocycles. The summed E-state index contributed by atoms with van der Waals surface area (Å²) >= 11 is 0. The molecule has 3 aromatic rings. The number of nitrogens with zero attached hydrogens (tertiary/aromatic N) is 4. The molecule has 158 valence electrons. The van der Waals surface area contributed by atoms with Crippen molar-refractivity contribution in [2.45, 2.75) is 25.3 Å². The van der Waals surface area contributed by atoms with Gasteiger partial charge in [0.05, 0.1) is 6.61 Å². The van der Waals surface area contributed by atoms with E-state index in [1.807, 2.05) is 35.2 Å². The Morgan fingerprint density at radius 3 is 2.90 bits per heavy atom. The van der Waals surface area contributed by atoms with E-state index in [4.69, 9.17) is 19.7 Å². The predicted octanol–water partition coefficient (Wildman–Crippen LogP) is 3.39. The molecule has 4 rings (SSSR count). The van der Waals surface area contributed by atoms with E-state index < -0.39 is 0 Å². The molecule has 8 heteroatoms. The Balaban J connectivity index is 1.51. The molecule has 8 nitrogen and oxygen atoms in total. The first-order chi connectivity index (χ1) is 14.7. The monoisotopic (exact) mass is 409 g/mol. The lowest BCUT2D eigenvalue weighted by Gasteiger charge is -2.22. The Hall–Kier alpha value is -3.13. The molecule has 0 unspecified atom stereocenters. The van der Waals surface area contributed by atoms with Gasteiger partial charge in [-0.25, -0.2) is 0 Å². The van der Waals surface area contributed by atoms with Crippen LogP contribution in [0.3, 0.4) is 0 Å². The summed E-state index contributed by atoms with van der Waals surface area (Å²) in [4.78, 5) is 10.8. The van der Waals surface area contributed by atoms with Crippen LogP contribution in [0.1, 0.15) is 31.2 Å². The molecule has 0 aliphatic carbocycles. The smallest absolute Gasteiger partial charge is 0.249 e. The SMILES string of the molecule is CN=C(N)N1CCC[C@H]1c1nc(-c2ccc3cc(OCCCOC)ccc3c2)no1. The van der Waals surface area contributed by atoms with Crippen molar-refractivity contribution in [3.63, 3.8) is 0 Å². The standard InChI is InChI=1S/C22H27N5O3/c1-24-22(23)27-10-3-5-19(27)21-25-20(26-30-21)17-7-6-16-14-18(9-8-15(16)13-17)29-12-4-11-28-2/h6-9,13-14,19H,3-5,10-12H2,1-2H3,(H2,23,24)/t19-/m0/s1. The summed E-state index contributed by atoms with van der Waals surface area (Å²) in [6, 6.07) is 12.1. The van der Waals surface area contributed by atoms with Crippen LogP contribution in [0.4, 0.5) is 0 Å². The zero-order valence-corrected chi connectivity index (χ0v) is 17.4. The molecular weight excluding hydrogens is 382 g/mol. The summed E-state index contributed by atoms with van der Waals surface area (Å²) in [5.74, 6) is 2.51. The number of likely N-dealkylation sites (tertiary alicyclic amines) is 1. The number of nitrogens with two attached hydrogens (primary N) is 1. The Morgan fingerprint density at radius 1 is 1.23 bits per heavy atom. The molecule has 0 amide bonds. The molecule has 1 aliphatic rings. The minimum atomic E-state index is -0.0202. The molecule has 30 heavy (non-hydrogen) atoms. The molecule has 1 saturated heterocycles. The van der Waals surface area contributed by atoms with Crippen molar-refractivity contribution in [1.29, 1.82) is 0 Å². The maximum absolute atomic E-state index is 6.01. The van der Waals surface area contributed by atoms with Crippen LogP contribution in [0.15, 0.2) is 45.9 Å². The molecule has 2 N–H and O–H groups in total. The summed E-state index contributed by atoms with van der Waals surface area (Å²) in [6.07, 6.45) is 2.80. The van der Waals surface area contributed by atoms with E-state index >= 15 is 0 Å². The van der Waals surface area contributed by atoms with Gasteiger partial charge in [-0.3, -0.25) is 4.99 Å². The topological polar surface area (TPSA) is 99.0 Å². The van der Waals surface area contributed by atoms with Crippen molar-refractivity contribution < 1.29 is 14.0 Å². The van der Waals surface area contributed by atoms with Gasteiger partial charge in [0.1, 0.15) is 11.8 Å². The molecule has 1 atom stereocenters. The molecule has 0 saturated carbocycles. The van der Waals surface area contributed by atoms with Gasteiger partial charge in [-0.15, -0.1) is 0 Å². The highest BCUT2D eigenvalue weighted by atomic mass is 16.5. The minimum absolute atomic E-state index is 0.0202. The van der Waals surface area contributed by atoms with E-state index in [1.54, 1.807) is 14.2 Å². The highest BCUT2D eigenvalue weighted by Crippen LogP contribution is 2.32. The fourth-order valence-electron chi connectivity index (χ4n) is 3.76. The van der Waals surface area contributed by atoms with E-state index in [1.165, 1.54) is 0 Å². The van der Waals surface area contributed by atoms with Crippen LogP contribution in [0.25, 0.3) is 22.2 Å². The minimum Gasteiger partial charge on any atom is -0.493 e. The third-order valence-corrected chi connectivity index (χ3v) is 5.33. The van der Waals surface area contributed by atoms with E-state index in [0.29, 0.717) is 30.9 Å². The fraction of sp³-hybridized carbons (Fsp3) is 0.409. The first-order valence-corrected chi connectivity index (χ1v) is 10.2. The van der Waals surface area contributed by atoms with E-state index in [2.05, 4.69) is 21.2 Å². The molecule has 0 spiro atoms. The van der Waals surface area contributed by atoms with Gasteiger partial charge < -0.3 is 24.6 Å². The van der Waals surface area contributed by atoms with Crippen LogP contribution in [0, 0.1) is 0 Å². The Morgan fingerprint density at radius 2 is 2.07 bits per heavy atom. The van der Waals surface area contributed by atoms with Gasteiger partial charge in [0.2, 0.25) is 11.7 Å². The number of fused-ring (bicyclic) bond motifs is 1. The summed E-state index contributed by atoms with van der Waals surface area (Å²) in [5, 5.41) is 6.39. The zero-order valence-electron chi connectivity index (χ0n) is 17.4. The van der Waals surface area contributed by atoms with Crippen molar-refractivity contribution in [2.24, 2.45) is 10.7 Å². The number of hydrogen-bond acceptors (Lipinski definition) is 6. The van der Waals surface area contributed by atoms with Crippen molar-refractivity contribution in [1.82, 2.24) is 15.0 Å². The van der Waals surface area contributed by atoms with Crippen LogP contribution in [-0.4, -0.2) is 54.9 Å². The van der Waals surface area contributed by atoms with Crippen molar-refractivity contribution in [3.05, 3.63) is 42.3 Å². The molecule has 2 heterocycles. The van der Waals surface area contributed by atoms with E-state index in [-0.39, 0.29) is 6.04 Å². The third-order valence-electron chi connectivity index (χ3n) is 5.33. The van der Waals surface area contributed by atoms with Crippen LogP contribution in [-0.2, 0) is 4.74 Å². The molecule has 0 radical (unpaired) electrons. The molecule has 0 bridgehead atoms. The number of guanidine groups is 1. The van der Waals surface area contributed by atoms with Crippen LogP contribution >= 0.6 is 0 Å². The second-order valence-electron chi connectivity index (χ2n) is 7.31. The van der Waals surface area contributed by atoms with Gasteiger partial charge in [0, 0.05) is 39.3 Å². The average molecular weight is 409 g/mol. The lowest BCUT2D eigenvalue weighted by Crippen LogP contribution is -2.36. The van der Waals surface area contributed by atoms with E-state index in [9.17, 15) is 0 Å². The van der Waals surface area contributed by atoms with Crippen LogP contribution in [0.2, 0.25) is 0 Å². The summed E-state index contributed by atoms with van der Waals surface area (Å²) in [5.41, 5.74) is 6.92. The second kappa shape index (κ2) is 9.13. The normalized spacial score (nSPS) is 17.1. The summed E-state index contributed by atoms with van der Waals surface area (Å²) < 4.78 is 16.4. The Bertz CT molecular complexity index is 1030. The number of aromatic nitrogens is 2. The van der Waals surface area contributed by atoms with Crippen molar-refractivity contribution in [2.75, 3.05) is 33.9 Å². The van der Waals surface area contributed by atoms with Gasteiger partial charge in [0.25, 0.3) is 0 Å². The molecule has 1 fully saturated rings. The van der Waals surface area contributed by atoms with Crippen molar-refractivity contribution >= 4 is 16.7 Å². The lowest BCUT2D eigenvalue weighted by molar-refractivity contribution is 0.172. The highest BCUT2D eigenvalue weighted by molar-refractivity contribution is 5.87. The van der Waals surface area contributed by atoms with Crippen LogP contribution in [0.5, 0.6) is 5.75 Å². The van der Waals surface area contributed by atoms with Crippen LogP contribution < -0.4 is 10.5 Å². The molecular formula is C22H27N5O3. The summed E-state index contributed by atoms with van der Waals surface area (Å²) in [7, 11) is 3.38. The van der Waals surface area contributed by atoms with Gasteiger partial charge >= 0.3 is 0 Å². The lowest BCUT2D eigenvalue weighted by atomic mass is 10.1. The number of rotatable bonds is 7. The first-order valence-electron chi connectivity index (χ1n) is 10.2. The third kappa shape index (κ3) is 4.23. The van der Waals surface area contributed by atoms with Gasteiger partial charge in [0.15, 0.2) is 5.96 Å². The number of hydrogen-bond donors (Lipinski definition) is 1. The Kier molecular flexibility index (Phi) is 6.13. The number of aliphatic imine (C=N–C) groups is 1. The zero-order chi connectivity index (χ0) is 20.9. The Labute approximate surface area is 175 Å². The second-order valence-corrected chi connectivity index (χ2v) is 7.31. The van der Waals surface area contributed by atoms with Crippen molar-refractivity contribution in [3.8, 4) is 17.1 Å². The first kappa shape index (κ1) is 20.2. The fourth-order valence-corrected chi connectivity index (χ4v) is 3.76. The van der Waals surface area contributed by atoms with E-state index in [0.717, 1.165) is 47.9 Å². The maximum atomic E-state index is 6.01. The highest BCUT2D eigenvalue weighted by Gasteiger charge is 2.32. The van der Waals surface area contributed by atoms with Gasteiger partial charge in [-0.05, 0) is 41.8 Å². The molecule has 1 aliphatic heterocycles. The predicted molar refractivity (Wildman–Crippen MR) is 115 cm³/mol. The number of methoxy groups -OCH3 is 1. The average Bonchev–Trinajstić information content (AvgIpc) is 3.45. The summed E-state index contributed by atoms with van der Waals surface area (Å²) in [6.45, 7) is 2.17. The molecule has 1 aromatic heterocycles. The van der Waals surface area contributed by atoms with Gasteiger partial charge in [-0.2, -0.15) is 4.98 Å².